The maximum Gasteiger partial charge on any atom is 0.411 e. The van der Waals surface area contributed by atoms with Gasteiger partial charge in [0.25, 0.3) is 0 Å². The third-order valence-electron chi connectivity index (χ3n) is 1.35. The van der Waals surface area contributed by atoms with Crippen LogP contribution in [0.2, 0.25) is 0 Å². The van der Waals surface area contributed by atoms with Gasteiger partial charge in [-0.05, 0) is 25.1 Å². The first-order valence-corrected chi connectivity index (χ1v) is 4.71. The minimum Gasteiger partial charge on any atom is -0.450 e. The number of carbonyl (C=O) groups is 1. The lowest BCUT2D eigenvalue weighted by molar-refractivity contribution is 0.168. The van der Waals surface area contributed by atoms with E-state index in [0.29, 0.717) is 12.3 Å². The average molecular weight is 244 g/mol. The van der Waals surface area contributed by atoms with Crippen molar-refractivity contribution in [1.29, 1.82) is 0 Å². The molecule has 0 unspecified atom stereocenters. The number of hydrogen-bond donors (Lipinski definition) is 1. The molecule has 13 heavy (non-hydrogen) atoms. The Kier molecular flexibility index (Phi) is 3.76. The van der Waals surface area contributed by atoms with Crippen molar-refractivity contribution in [3.63, 3.8) is 0 Å². The predicted octanol–water partition coefficient (Wildman–Crippen LogP) is 3.02. The Hall–Kier alpha value is -1.03. The van der Waals surface area contributed by atoms with Crippen molar-refractivity contribution in [1.82, 2.24) is 0 Å². The van der Waals surface area contributed by atoms with Gasteiger partial charge in [-0.3, -0.25) is 5.32 Å². The Bertz CT molecular complexity index is 301. The minimum absolute atomic E-state index is 0.375. The molecule has 0 bridgehead atoms. The van der Waals surface area contributed by atoms with Crippen molar-refractivity contribution in [3.05, 3.63) is 28.7 Å². The Labute approximate surface area is 85.2 Å². The van der Waals surface area contributed by atoms with Gasteiger partial charge in [-0.15, -0.1) is 0 Å². The van der Waals surface area contributed by atoms with E-state index in [1.54, 1.807) is 19.1 Å². The third kappa shape index (κ3) is 3.46. The van der Waals surface area contributed by atoms with Gasteiger partial charge in [-0.25, -0.2) is 4.79 Å². The molecule has 70 valence electrons. The van der Waals surface area contributed by atoms with Crippen LogP contribution in [-0.2, 0) is 4.74 Å². The molecule has 0 saturated carbocycles. The van der Waals surface area contributed by atoms with Crippen LogP contribution in [0.25, 0.3) is 0 Å². The number of hydrogen-bond acceptors (Lipinski definition) is 2. The SMILES string of the molecule is CCOC(=O)Nc1cccc(Br)c1. The van der Waals surface area contributed by atoms with Gasteiger partial charge in [-0.2, -0.15) is 0 Å². The fraction of sp³-hybridized carbons (Fsp3) is 0.222. The van der Waals surface area contributed by atoms with Crippen LogP contribution in [0.3, 0.4) is 0 Å². The second-order valence-electron chi connectivity index (χ2n) is 2.36. The Morgan fingerprint density at radius 1 is 1.62 bits per heavy atom. The van der Waals surface area contributed by atoms with Crippen molar-refractivity contribution < 1.29 is 9.53 Å². The summed E-state index contributed by atoms with van der Waals surface area (Å²) in [4.78, 5) is 11.0. The predicted molar refractivity (Wildman–Crippen MR) is 54.8 cm³/mol. The number of carbonyl (C=O) groups excluding carboxylic acids is 1. The van der Waals surface area contributed by atoms with Crippen LogP contribution in [0, 0.1) is 0 Å². The largest absolute Gasteiger partial charge is 0.450 e. The molecular formula is C9H10BrNO2. The lowest BCUT2D eigenvalue weighted by Crippen LogP contribution is -2.12. The maximum atomic E-state index is 11.0. The molecule has 0 radical (unpaired) electrons. The number of nitrogens with one attached hydrogen (secondary N) is 1. The van der Waals surface area contributed by atoms with E-state index in [-0.39, 0.29) is 0 Å². The topological polar surface area (TPSA) is 38.3 Å². The van der Waals surface area contributed by atoms with Gasteiger partial charge >= 0.3 is 6.09 Å². The quantitative estimate of drug-likeness (QED) is 0.868. The van der Waals surface area contributed by atoms with E-state index < -0.39 is 6.09 Å². The van der Waals surface area contributed by atoms with Crippen molar-refractivity contribution in [2.24, 2.45) is 0 Å². The summed E-state index contributed by atoms with van der Waals surface area (Å²) < 4.78 is 5.64. The van der Waals surface area contributed by atoms with Gasteiger partial charge in [0.2, 0.25) is 0 Å². The van der Waals surface area contributed by atoms with E-state index in [4.69, 9.17) is 4.74 Å². The first-order valence-electron chi connectivity index (χ1n) is 3.91. The summed E-state index contributed by atoms with van der Waals surface area (Å²) in [7, 11) is 0. The standard InChI is InChI=1S/C9H10BrNO2/c1-2-13-9(12)11-8-5-3-4-7(10)6-8/h3-6H,2H2,1H3,(H,11,12). The molecule has 1 aromatic rings. The summed E-state index contributed by atoms with van der Waals surface area (Å²) in [6.07, 6.45) is -0.430. The molecule has 0 aliphatic rings. The molecule has 0 atom stereocenters. The molecule has 0 aliphatic carbocycles. The molecule has 1 aromatic carbocycles. The molecule has 0 heterocycles. The van der Waals surface area contributed by atoms with Gasteiger partial charge in [0.05, 0.1) is 6.61 Å². The molecule has 1 amide bonds. The molecule has 0 spiro atoms. The second-order valence-corrected chi connectivity index (χ2v) is 3.27. The molecular weight excluding hydrogens is 234 g/mol. The minimum atomic E-state index is -0.430. The number of halogens is 1. The molecule has 1 rings (SSSR count). The highest BCUT2D eigenvalue weighted by Crippen LogP contribution is 2.15. The van der Waals surface area contributed by atoms with Crippen molar-refractivity contribution in [3.8, 4) is 0 Å². The molecule has 3 nitrogen and oxygen atoms in total. The van der Waals surface area contributed by atoms with Crippen molar-refractivity contribution >= 4 is 27.7 Å². The fourth-order valence-corrected chi connectivity index (χ4v) is 1.25. The highest BCUT2D eigenvalue weighted by Gasteiger charge is 2.00. The Morgan fingerprint density at radius 2 is 2.38 bits per heavy atom. The number of anilines is 1. The number of ether oxygens (including phenoxy) is 1. The van der Waals surface area contributed by atoms with Gasteiger partial charge < -0.3 is 4.74 Å². The molecule has 1 N–H and O–H groups in total. The van der Waals surface area contributed by atoms with E-state index >= 15 is 0 Å². The van der Waals surface area contributed by atoms with Gasteiger partial charge in [0.1, 0.15) is 0 Å². The Balaban J connectivity index is 2.58. The van der Waals surface area contributed by atoms with Crippen LogP contribution in [-0.4, -0.2) is 12.7 Å². The van der Waals surface area contributed by atoms with E-state index in [2.05, 4.69) is 21.2 Å². The van der Waals surface area contributed by atoms with Crippen LogP contribution in [0.5, 0.6) is 0 Å². The van der Waals surface area contributed by atoms with E-state index in [9.17, 15) is 4.79 Å². The molecule has 0 fully saturated rings. The summed E-state index contributed by atoms with van der Waals surface area (Å²) >= 11 is 3.30. The monoisotopic (exact) mass is 243 g/mol. The van der Waals surface area contributed by atoms with Crippen molar-refractivity contribution in [2.75, 3.05) is 11.9 Å². The zero-order chi connectivity index (χ0) is 9.68. The number of benzene rings is 1. The molecule has 0 aliphatic heterocycles. The van der Waals surface area contributed by atoms with E-state index in [0.717, 1.165) is 4.47 Å². The zero-order valence-corrected chi connectivity index (χ0v) is 8.80. The summed E-state index contributed by atoms with van der Waals surface area (Å²) in [5, 5.41) is 2.59. The zero-order valence-electron chi connectivity index (χ0n) is 7.21. The van der Waals surface area contributed by atoms with Crippen LogP contribution < -0.4 is 5.32 Å². The first kappa shape index (κ1) is 10.1. The lowest BCUT2D eigenvalue weighted by atomic mass is 10.3. The van der Waals surface area contributed by atoms with Crippen LogP contribution >= 0.6 is 15.9 Å². The smallest absolute Gasteiger partial charge is 0.411 e. The molecule has 0 saturated heterocycles. The average Bonchev–Trinajstić information content (AvgIpc) is 2.04. The summed E-state index contributed by atoms with van der Waals surface area (Å²) in [5.74, 6) is 0. The summed E-state index contributed by atoms with van der Waals surface area (Å²) in [6, 6.07) is 7.32. The van der Waals surface area contributed by atoms with Crippen LogP contribution in [0.15, 0.2) is 28.7 Å². The normalized spacial score (nSPS) is 9.38. The highest BCUT2D eigenvalue weighted by molar-refractivity contribution is 9.10. The summed E-state index contributed by atoms with van der Waals surface area (Å²) in [5.41, 5.74) is 0.716. The van der Waals surface area contributed by atoms with Crippen LogP contribution in [0.1, 0.15) is 6.92 Å². The Morgan fingerprint density at radius 3 is 3.00 bits per heavy atom. The fourth-order valence-electron chi connectivity index (χ4n) is 0.851. The van der Waals surface area contributed by atoms with Gasteiger partial charge in [0, 0.05) is 10.2 Å². The molecule has 4 heteroatoms. The van der Waals surface area contributed by atoms with Crippen LogP contribution in [0.4, 0.5) is 10.5 Å². The first-order chi connectivity index (χ1) is 6.22. The number of amides is 1. The highest BCUT2D eigenvalue weighted by atomic mass is 79.9. The third-order valence-corrected chi connectivity index (χ3v) is 1.84. The second kappa shape index (κ2) is 4.87. The van der Waals surface area contributed by atoms with E-state index in [1.807, 2.05) is 12.1 Å². The van der Waals surface area contributed by atoms with Gasteiger partial charge in [0.15, 0.2) is 0 Å². The number of rotatable bonds is 2. The lowest BCUT2D eigenvalue weighted by Gasteiger charge is -2.04. The van der Waals surface area contributed by atoms with Gasteiger partial charge in [-0.1, -0.05) is 22.0 Å². The molecule has 0 aromatic heterocycles. The summed E-state index contributed by atoms with van der Waals surface area (Å²) in [6.45, 7) is 2.14. The maximum absolute atomic E-state index is 11.0. The van der Waals surface area contributed by atoms with E-state index in [1.165, 1.54) is 0 Å². The van der Waals surface area contributed by atoms with Crippen molar-refractivity contribution in [2.45, 2.75) is 6.92 Å².